The highest BCUT2D eigenvalue weighted by Gasteiger charge is 2.01. The predicted octanol–water partition coefficient (Wildman–Crippen LogP) is 3.39. The number of aryl methyl sites for hydroxylation is 1. The van der Waals surface area contributed by atoms with Crippen molar-refractivity contribution in [3.63, 3.8) is 0 Å². The van der Waals surface area contributed by atoms with E-state index in [2.05, 4.69) is 18.8 Å². The van der Waals surface area contributed by atoms with E-state index in [9.17, 15) is 0 Å². The molecule has 1 aromatic carbocycles. The van der Waals surface area contributed by atoms with Crippen LogP contribution in [0.15, 0.2) is 18.2 Å². The van der Waals surface area contributed by atoms with E-state index < -0.39 is 0 Å². The van der Waals surface area contributed by atoms with Gasteiger partial charge in [-0.25, -0.2) is 0 Å². The highest BCUT2D eigenvalue weighted by molar-refractivity contribution is 6.19. The topological polar surface area (TPSA) is 18.5 Å². The van der Waals surface area contributed by atoms with Gasteiger partial charge >= 0.3 is 0 Å². The van der Waals surface area contributed by atoms with Crippen molar-refractivity contribution >= 4 is 11.6 Å². The second kappa shape index (κ2) is 8.85. The Labute approximate surface area is 114 Å². The van der Waals surface area contributed by atoms with Crippen LogP contribution in [0.3, 0.4) is 0 Å². The van der Waals surface area contributed by atoms with Crippen molar-refractivity contribution in [3.8, 4) is 17.6 Å². The third kappa shape index (κ3) is 5.44. The summed E-state index contributed by atoms with van der Waals surface area (Å²) in [5, 5.41) is 0. The first-order chi connectivity index (χ1) is 8.77. The fraction of sp³-hybridized carbons (Fsp3) is 0.467. The molecule has 0 aromatic heterocycles. The van der Waals surface area contributed by atoms with Gasteiger partial charge in [-0.05, 0) is 31.0 Å². The van der Waals surface area contributed by atoms with Crippen molar-refractivity contribution in [3.05, 3.63) is 29.3 Å². The maximum absolute atomic E-state index is 5.67. The molecule has 0 amide bonds. The van der Waals surface area contributed by atoms with Gasteiger partial charge in [0.05, 0.1) is 18.1 Å². The first-order valence-corrected chi connectivity index (χ1v) is 6.67. The lowest BCUT2D eigenvalue weighted by Gasteiger charge is -2.09. The number of halogens is 1. The molecule has 2 nitrogen and oxygen atoms in total. The van der Waals surface area contributed by atoms with E-state index in [1.807, 2.05) is 25.1 Å². The summed E-state index contributed by atoms with van der Waals surface area (Å²) in [6, 6.07) is 5.95. The standard InChI is InChI=1S/C15H19ClO2/c1-3-9-17-10-11-18-15-7-6-13(2)12-14(15)5-4-8-16/h6-7,12H,3,8-11H2,1-2H3. The van der Waals surface area contributed by atoms with Crippen LogP contribution in [0, 0.1) is 18.8 Å². The van der Waals surface area contributed by atoms with Gasteiger partial charge in [0.2, 0.25) is 0 Å². The number of hydrogen-bond donors (Lipinski definition) is 0. The Balaban J connectivity index is 2.58. The molecule has 0 heterocycles. The molecular weight excluding hydrogens is 248 g/mol. The van der Waals surface area contributed by atoms with Gasteiger partial charge in [-0.1, -0.05) is 24.8 Å². The lowest BCUT2D eigenvalue weighted by atomic mass is 10.1. The number of rotatable bonds is 6. The molecule has 18 heavy (non-hydrogen) atoms. The monoisotopic (exact) mass is 266 g/mol. The average molecular weight is 267 g/mol. The van der Waals surface area contributed by atoms with Gasteiger partial charge in [-0.2, -0.15) is 0 Å². The highest BCUT2D eigenvalue weighted by atomic mass is 35.5. The quantitative estimate of drug-likeness (QED) is 0.446. The minimum Gasteiger partial charge on any atom is -0.490 e. The largest absolute Gasteiger partial charge is 0.490 e. The van der Waals surface area contributed by atoms with Gasteiger partial charge in [-0.15, -0.1) is 11.6 Å². The van der Waals surface area contributed by atoms with Crippen molar-refractivity contribution in [1.29, 1.82) is 0 Å². The zero-order chi connectivity index (χ0) is 13.2. The van der Waals surface area contributed by atoms with E-state index in [0.717, 1.165) is 29.9 Å². The van der Waals surface area contributed by atoms with Crippen LogP contribution < -0.4 is 4.74 Å². The Hall–Kier alpha value is -1.17. The molecule has 0 spiro atoms. The van der Waals surface area contributed by atoms with Gasteiger partial charge in [0, 0.05) is 6.61 Å². The molecule has 3 heteroatoms. The van der Waals surface area contributed by atoms with Crippen LogP contribution in [-0.4, -0.2) is 25.7 Å². The second-order valence-electron chi connectivity index (χ2n) is 3.90. The summed E-state index contributed by atoms with van der Waals surface area (Å²) in [7, 11) is 0. The fourth-order valence-electron chi connectivity index (χ4n) is 1.45. The van der Waals surface area contributed by atoms with Crippen molar-refractivity contribution in [2.24, 2.45) is 0 Å². The number of ether oxygens (including phenoxy) is 2. The molecule has 1 rings (SSSR count). The molecule has 0 bridgehead atoms. The van der Waals surface area contributed by atoms with E-state index in [0.29, 0.717) is 19.1 Å². The third-order valence-electron chi connectivity index (χ3n) is 2.26. The van der Waals surface area contributed by atoms with Crippen LogP contribution in [0.1, 0.15) is 24.5 Å². The zero-order valence-corrected chi connectivity index (χ0v) is 11.7. The van der Waals surface area contributed by atoms with Crippen molar-refractivity contribution in [2.75, 3.05) is 25.7 Å². The Morgan fingerprint density at radius 3 is 2.78 bits per heavy atom. The number of alkyl halides is 1. The Kier molecular flexibility index (Phi) is 7.32. The van der Waals surface area contributed by atoms with Crippen LogP contribution in [0.5, 0.6) is 5.75 Å². The molecule has 0 unspecified atom stereocenters. The maximum Gasteiger partial charge on any atom is 0.135 e. The molecule has 0 saturated carbocycles. The molecule has 0 radical (unpaired) electrons. The van der Waals surface area contributed by atoms with Gasteiger partial charge in [0.15, 0.2) is 0 Å². The van der Waals surface area contributed by atoms with Crippen molar-refractivity contribution < 1.29 is 9.47 Å². The molecule has 0 aliphatic heterocycles. The predicted molar refractivity (Wildman–Crippen MR) is 75.4 cm³/mol. The van der Waals surface area contributed by atoms with Gasteiger partial charge in [-0.3, -0.25) is 0 Å². The van der Waals surface area contributed by atoms with Crippen LogP contribution in [0.4, 0.5) is 0 Å². The fourth-order valence-corrected chi connectivity index (χ4v) is 1.52. The molecule has 0 aliphatic rings. The molecule has 0 N–H and O–H groups in total. The first-order valence-electron chi connectivity index (χ1n) is 6.14. The van der Waals surface area contributed by atoms with Gasteiger partial charge in [0.1, 0.15) is 12.4 Å². The smallest absolute Gasteiger partial charge is 0.135 e. The summed E-state index contributed by atoms with van der Waals surface area (Å²) < 4.78 is 11.0. The highest BCUT2D eigenvalue weighted by Crippen LogP contribution is 2.18. The minimum absolute atomic E-state index is 0.326. The first kappa shape index (κ1) is 14.9. The molecule has 98 valence electrons. The van der Waals surface area contributed by atoms with Crippen molar-refractivity contribution in [1.82, 2.24) is 0 Å². The summed E-state index contributed by atoms with van der Waals surface area (Å²) in [6.45, 7) is 6.03. The summed E-state index contributed by atoms with van der Waals surface area (Å²) in [6.07, 6.45) is 1.02. The average Bonchev–Trinajstić information content (AvgIpc) is 2.38. The summed E-state index contributed by atoms with van der Waals surface area (Å²) in [5.74, 6) is 6.97. The molecule has 1 aromatic rings. The summed E-state index contributed by atoms with van der Waals surface area (Å²) in [5.41, 5.74) is 2.04. The maximum atomic E-state index is 5.67. The molecule has 0 fully saturated rings. The van der Waals surface area contributed by atoms with Gasteiger partial charge < -0.3 is 9.47 Å². The van der Waals surface area contributed by atoms with E-state index in [-0.39, 0.29) is 0 Å². The normalized spacial score (nSPS) is 9.72. The Bertz CT molecular complexity index is 418. The summed E-state index contributed by atoms with van der Waals surface area (Å²) in [4.78, 5) is 0. The van der Waals surface area contributed by atoms with Crippen LogP contribution >= 0.6 is 11.6 Å². The molecule has 0 saturated heterocycles. The SMILES string of the molecule is CCCOCCOc1ccc(C)cc1C#CCCl. The van der Waals surface area contributed by atoms with Crippen LogP contribution in [0.2, 0.25) is 0 Å². The Morgan fingerprint density at radius 1 is 1.22 bits per heavy atom. The lowest BCUT2D eigenvalue weighted by molar-refractivity contribution is 0.100. The Morgan fingerprint density at radius 2 is 2.06 bits per heavy atom. The van der Waals surface area contributed by atoms with E-state index in [1.165, 1.54) is 0 Å². The number of benzene rings is 1. The van der Waals surface area contributed by atoms with Gasteiger partial charge in [0.25, 0.3) is 0 Å². The zero-order valence-electron chi connectivity index (χ0n) is 11.0. The number of hydrogen-bond acceptors (Lipinski definition) is 2. The minimum atomic E-state index is 0.326. The van der Waals surface area contributed by atoms with E-state index in [4.69, 9.17) is 21.1 Å². The third-order valence-corrected chi connectivity index (χ3v) is 2.39. The molecular formula is C15H19ClO2. The van der Waals surface area contributed by atoms with Crippen molar-refractivity contribution in [2.45, 2.75) is 20.3 Å². The molecule has 0 aliphatic carbocycles. The second-order valence-corrected chi connectivity index (χ2v) is 4.16. The summed E-state index contributed by atoms with van der Waals surface area (Å²) >= 11 is 5.57. The van der Waals surface area contributed by atoms with E-state index in [1.54, 1.807) is 0 Å². The van der Waals surface area contributed by atoms with Crippen LogP contribution in [0.25, 0.3) is 0 Å². The van der Waals surface area contributed by atoms with Crippen LogP contribution in [-0.2, 0) is 4.74 Å². The lowest BCUT2D eigenvalue weighted by Crippen LogP contribution is -2.08. The molecule has 0 atom stereocenters. The van der Waals surface area contributed by atoms with E-state index >= 15 is 0 Å².